The molecule has 0 aliphatic carbocycles. The van der Waals surface area contributed by atoms with Crippen LogP contribution in [0.4, 0.5) is 0 Å². The van der Waals surface area contributed by atoms with Crippen LogP contribution >= 0.6 is 0 Å². The van der Waals surface area contributed by atoms with Crippen molar-refractivity contribution in [2.75, 3.05) is 7.05 Å². The van der Waals surface area contributed by atoms with Crippen LogP contribution in [-0.2, 0) is 6.42 Å². The average Bonchev–Trinajstić information content (AvgIpc) is 2.50. The van der Waals surface area contributed by atoms with E-state index in [2.05, 4.69) is 66.8 Å². The lowest BCUT2D eigenvalue weighted by Crippen LogP contribution is -2.24. The third kappa shape index (κ3) is 3.93. The van der Waals surface area contributed by atoms with E-state index in [0.717, 1.165) is 6.42 Å². The van der Waals surface area contributed by atoms with E-state index in [1.165, 1.54) is 29.5 Å². The predicted molar refractivity (Wildman–Crippen MR) is 83.3 cm³/mol. The van der Waals surface area contributed by atoms with E-state index < -0.39 is 0 Å². The van der Waals surface area contributed by atoms with E-state index in [4.69, 9.17) is 0 Å². The molecule has 1 N–H and O–H groups in total. The summed E-state index contributed by atoms with van der Waals surface area (Å²) in [6, 6.07) is 20.1. The molecule has 1 nitrogen and oxygen atoms in total. The van der Waals surface area contributed by atoms with Gasteiger partial charge in [-0.15, -0.1) is 0 Å². The van der Waals surface area contributed by atoms with E-state index in [0.29, 0.717) is 6.04 Å². The van der Waals surface area contributed by atoms with Crippen molar-refractivity contribution in [2.24, 2.45) is 0 Å². The maximum Gasteiger partial charge on any atom is 0.00646 e. The fourth-order valence-corrected chi connectivity index (χ4v) is 2.39. The lowest BCUT2D eigenvalue weighted by Gasteiger charge is -2.13. The topological polar surface area (TPSA) is 12.0 Å². The van der Waals surface area contributed by atoms with E-state index in [9.17, 15) is 0 Å². The lowest BCUT2D eigenvalue weighted by atomic mass is 10.00. The summed E-state index contributed by atoms with van der Waals surface area (Å²) in [6.07, 6.45) is 3.55. The summed E-state index contributed by atoms with van der Waals surface area (Å²) in [7, 11) is 2.05. The van der Waals surface area contributed by atoms with E-state index in [1.54, 1.807) is 0 Å². The lowest BCUT2D eigenvalue weighted by molar-refractivity contribution is 0.509. The van der Waals surface area contributed by atoms with Crippen molar-refractivity contribution in [1.29, 1.82) is 0 Å². The minimum atomic E-state index is 0.633. The first-order chi connectivity index (χ1) is 9.33. The van der Waals surface area contributed by atoms with Crippen molar-refractivity contribution in [1.82, 2.24) is 5.32 Å². The SMILES string of the molecule is CCC(CCc1ccc(-c2ccccc2)cc1)NC. The smallest absolute Gasteiger partial charge is 0.00646 e. The van der Waals surface area contributed by atoms with Crippen LogP contribution in [0.2, 0.25) is 0 Å². The summed E-state index contributed by atoms with van der Waals surface area (Å²) in [5, 5.41) is 3.36. The Morgan fingerprint density at radius 3 is 2.11 bits per heavy atom. The molecular weight excluding hydrogens is 230 g/mol. The third-order valence-corrected chi connectivity index (χ3v) is 3.74. The largest absolute Gasteiger partial charge is 0.317 e. The Balaban J connectivity index is 1.99. The molecule has 19 heavy (non-hydrogen) atoms. The van der Waals surface area contributed by atoms with Crippen LogP contribution in [0.5, 0.6) is 0 Å². The number of aryl methyl sites for hydroxylation is 1. The van der Waals surface area contributed by atoms with Gasteiger partial charge in [0.1, 0.15) is 0 Å². The summed E-state index contributed by atoms with van der Waals surface area (Å²) >= 11 is 0. The molecule has 0 aliphatic heterocycles. The Bertz CT molecular complexity index is 469. The quantitative estimate of drug-likeness (QED) is 0.810. The zero-order chi connectivity index (χ0) is 13.5. The van der Waals surface area contributed by atoms with Gasteiger partial charge in [0.25, 0.3) is 0 Å². The van der Waals surface area contributed by atoms with Crippen LogP contribution in [0.1, 0.15) is 25.3 Å². The molecule has 0 fully saturated rings. The number of nitrogens with one attached hydrogen (secondary N) is 1. The second kappa shape index (κ2) is 7.10. The molecule has 0 bridgehead atoms. The normalized spacial score (nSPS) is 12.3. The first-order valence-electron chi connectivity index (χ1n) is 7.15. The second-order valence-electron chi connectivity index (χ2n) is 5.00. The summed E-state index contributed by atoms with van der Waals surface area (Å²) in [5.74, 6) is 0. The summed E-state index contributed by atoms with van der Waals surface area (Å²) in [4.78, 5) is 0. The molecule has 2 aromatic rings. The molecule has 0 aromatic heterocycles. The molecule has 0 radical (unpaired) electrons. The van der Waals surface area contributed by atoms with Gasteiger partial charge in [-0.25, -0.2) is 0 Å². The van der Waals surface area contributed by atoms with Crippen molar-refractivity contribution in [2.45, 2.75) is 32.2 Å². The van der Waals surface area contributed by atoms with Gasteiger partial charge >= 0.3 is 0 Å². The maximum atomic E-state index is 3.36. The molecule has 0 heterocycles. The van der Waals surface area contributed by atoms with E-state index >= 15 is 0 Å². The Morgan fingerprint density at radius 1 is 0.895 bits per heavy atom. The van der Waals surface area contributed by atoms with Crippen LogP contribution in [0.3, 0.4) is 0 Å². The number of rotatable bonds is 6. The zero-order valence-electron chi connectivity index (χ0n) is 11.9. The molecule has 0 saturated carbocycles. The maximum absolute atomic E-state index is 3.36. The first-order valence-corrected chi connectivity index (χ1v) is 7.15. The average molecular weight is 253 g/mol. The first kappa shape index (κ1) is 13.8. The van der Waals surface area contributed by atoms with Gasteiger partial charge in [-0.1, -0.05) is 61.5 Å². The van der Waals surface area contributed by atoms with Crippen LogP contribution < -0.4 is 5.32 Å². The highest BCUT2D eigenvalue weighted by Gasteiger charge is 2.03. The number of benzene rings is 2. The van der Waals surface area contributed by atoms with Gasteiger partial charge < -0.3 is 5.32 Å². The van der Waals surface area contributed by atoms with Crippen LogP contribution in [0.25, 0.3) is 11.1 Å². The molecule has 1 atom stereocenters. The summed E-state index contributed by atoms with van der Waals surface area (Å²) in [5.41, 5.74) is 4.01. The molecule has 0 saturated heterocycles. The minimum absolute atomic E-state index is 0.633. The minimum Gasteiger partial charge on any atom is -0.317 e. The van der Waals surface area contributed by atoms with Gasteiger partial charge in [-0.2, -0.15) is 0 Å². The number of hydrogen-bond acceptors (Lipinski definition) is 1. The number of hydrogen-bond donors (Lipinski definition) is 1. The highest BCUT2D eigenvalue weighted by atomic mass is 14.9. The highest BCUT2D eigenvalue weighted by Crippen LogP contribution is 2.19. The van der Waals surface area contributed by atoms with Crippen molar-refractivity contribution < 1.29 is 0 Å². The fraction of sp³-hybridized carbons (Fsp3) is 0.333. The van der Waals surface area contributed by atoms with Crippen LogP contribution in [0, 0.1) is 0 Å². The second-order valence-corrected chi connectivity index (χ2v) is 5.00. The Hall–Kier alpha value is -1.60. The Kier molecular flexibility index (Phi) is 5.17. The molecule has 0 amide bonds. The standard InChI is InChI=1S/C18H23N/c1-3-18(19-2)14-11-15-9-12-17(13-10-15)16-7-5-4-6-8-16/h4-10,12-13,18-19H,3,11,14H2,1-2H3. The van der Waals surface area contributed by atoms with Gasteiger partial charge in [0.2, 0.25) is 0 Å². The van der Waals surface area contributed by atoms with E-state index in [-0.39, 0.29) is 0 Å². The molecule has 100 valence electrons. The predicted octanol–water partition coefficient (Wildman–Crippen LogP) is 4.28. The van der Waals surface area contributed by atoms with Crippen molar-refractivity contribution in [3.05, 3.63) is 60.2 Å². The van der Waals surface area contributed by atoms with Gasteiger partial charge in [-0.3, -0.25) is 0 Å². The molecule has 2 rings (SSSR count). The Labute approximate surface area is 116 Å². The molecule has 0 aliphatic rings. The van der Waals surface area contributed by atoms with Crippen molar-refractivity contribution in [3.8, 4) is 11.1 Å². The van der Waals surface area contributed by atoms with Crippen molar-refractivity contribution >= 4 is 0 Å². The monoisotopic (exact) mass is 253 g/mol. The fourth-order valence-electron chi connectivity index (χ4n) is 2.39. The third-order valence-electron chi connectivity index (χ3n) is 3.74. The summed E-state index contributed by atoms with van der Waals surface area (Å²) < 4.78 is 0. The molecule has 2 aromatic carbocycles. The molecule has 1 unspecified atom stereocenters. The van der Waals surface area contributed by atoms with Gasteiger partial charge in [0, 0.05) is 6.04 Å². The zero-order valence-corrected chi connectivity index (χ0v) is 11.9. The van der Waals surface area contributed by atoms with Crippen molar-refractivity contribution in [3.63, 3.8) is 0 Å². The molecule has 1 heteroatoms. The highest BCUT2D eigenvalue weighted by molar-refractivity contribution is 5.63. The summed E-state index contributed by atoms with van der Waals surface area (Å²) in [6.45, 7) is 2.24. The Morgan fingerprint density at radius 2 is 1.53 bits per heavy atom. The van der Waals surface area contributed by atoms with Gasteiger partial charge in [0.15, 0.2) is 0 Å². The van der Waals surface area contributed by atoms with Gasteiger partial charge in [-0.05, 0) is 43.0 Å². The van der Waals surface area contributed by atoms with Gasteiger partial charge in [0.05, 0.1) is 0 Å². The van der Waals surface area contributed by atoms with Crippen LogP contribution in [-0.4, -0.2) is 13.1 Å². The molecular formula is C18H23N. The van der Waals surface area contributed by atoms with Crippen LogP contribution in [0.15, 0.2) is 54.6 Å². The van der Waals surface area contributed by atoms with E-state index in [1.807, 2.05) is 7.05 Å². The molecule has 0 spiro atoms.